The van der Waals surface area contributed by atoms with Gasteiger partial charge in [0.15, 0.2) is 5.52 Å². The molecule has 2 atom stereocenters. The number of fused-ring (bicyclic) bond motifs is 1. The number of aliphatic hydroxyl groups is 1. The Balaban J connectivity index is 1.64. The van der Waals surface area contributed by atoms with Crippen LogP contribution in [0.2, 0.25) is 0 Å². The molecule has 0 aliphatic carbocycles. The molecule has 0 spiro atoms. The molecule has 1 fully saturated rings. The van der Waals surface area contributed by atoms with Gasteiger partial charge in [-0.1, -0.05) is 13.3 Å². The van der Waals surface area contributed by atoms with Crippen molar-refractivity contribution in [3.05, 3.63) is 44.4 Å². The van der Waals surface area contributed by atoms with Gasteiger partial charge in [0.05, 0.1) is 29.4 Å². The number of hydrogen-bond acceptors (Lipinski definition) is 9. The highest BCUT2D eigenvalue weighted by Gasteiger charge is 2.31. The maximum atomic E-state index is 13.5. The maximum Gasteiger partial charge on any atom is 0.294 e. The summed E-state index contributed by atoms with van der Waals surface area (Å²) in [6, 6.07) is 5.14. The van der Waals surface area contributed by atoms with Crippen LogP contribution in [0, 0.1) is 16.0 Å². The molecule has 206 valence electrons. The molecule has 1 aliphatic rings. The summed E-state index contributed by atoms with van der Waals surface area (Å²) in [5, 5.41) is 23.8. The summed E-state index contributed by atoms with van der Waals surface area (Å²) in [5.74, 6) is 0.585. The SMILES string of the molecule is CCCc1nn(C)c2c(=O)[nH]c(-c3cc(S(=O)N4CCC(C(CO)O[N+](=O)[O-])CC4)ccc3OCC)nc12. The van der Waals surface area contributed by atoms with Crippen LogP contribution in [-0.2, 0) is 29.3 Å². The second kappa shape index (κ2) is 12.0. The third-order valence-electron chi connectivity index (χ3n) is 6.62. The first-order chi connectivity index (χ1) is 18.3. The third kappa shape index (κ3) is 5.71. The Labute approximate surface area is 221 Å². The molecule has 1 saturated heterocycles. The molecule has 0 amide bonds. The van der Waals surface area contributed by atoms with Crippen LogP contribution in [0.1, 0.15) is 38.8 Å². The standard InChI is InChI=1S/C24H32N6O7S/c1-4-6-18-21-22(28(3)27-18)24(32)26-23(25-21)17-13-16(7-8-19(17)36-5-2)38(35)29-11-9-15(10-12-29)20(14-31)37-30(33)34/h7-8,13,15,20,31H,4-6,9-12,14H2,1-3H3,(H,25,26,32). The van der Waals surface area contributed by atoms with Gasteiger partial charge in [-0.05, 0) is 50.3 Å². The van der Waals surface area contributed by atoms with Crippen molar-refractivity contribution in [3.8, 4) is 17.1 Å². The van der Waals surface area contributed by atoms with E-state index in [0.717, 1.165) is 12.1 Å². The number of piperidine rings is 1. The number of hydrogen-bond donors (Lipinski definition) is 2. The van der Waals surface area contributed by atoms with Crippen molar-refractivity contribution in [1.29, 1.82) is 0 Å². The lowest BCUT2D eigenvalue weighted by Gasteiger charge is -2.33. The molecule has 0 bridgehead atoms. The molecular weight excluding hydrogens is 516 g/mol. The number of aliphatic hydroxyl groups excluding tert-OH is 1. The Morgan fingerprint density at radius 3 is 2.68 bits per heavy atom. The summed E-state index contributed by atoms with van der Waals surface area (Å²) in [4.78, 5) is 36.4. The third-order valence-corrected chi connectivity index (χ3v) is 8.11. The van der Waals surface area contributed by atoms with E-state index in [1.54, 1.807) is 29.6 Å². The minimum Gasteiger partial charge on any atom is -0.493 e. The smallest absolute Gasteiger partial charge is 0.294 e. The van der Waals surface area contributed by atoms with Crippen LogP contribution in [0.5, 0.6) is 5.75 Å². The highest BCUT2D eigenvalue weighted by Crippen LogP contribution is 2.32. The van der Waals surface area contributed by atoms with Crippen molar-refractivity contribution in [2.45, 2.75) is 50.5 Å². The lowest BCUT2D eigenvalue weighted by molar-refractivity contribution is -0.771. The van der Waals surface area contributed by atoms with Gasteiger partial charge in [-0.3, -0.25) is 9.48 Å². The molecule has 2 aromatic heterocycles. The second-order valence-corrected chi connectivity index (χ2v) is 10.6. The molecule has 1 aromatic carbocycles. The van der Waals surface area contributed by atoms with Gasteiger partial charge in [0.25, 0.3) is 10.6 Å². The largest absolute Gasteiger partial charge is 0.493 e. The van der Waals surface area contributed by atoms with E-state index in [9.17, 15) is 24.2 Å². The summed E-state index contributed by atoms with van der Waals surface area (Å²) in [7, 11) is 0.173. The van der Waals surface area contributed by atoms with E-state index in [4.69, 9.17) is 9.72 Å². The van der Waals surface area contributed by atoms with E-state index in [-0.39, 0.29) is 11.5 Å². The zero-order valence-electron chi connectivity index (χ0n) is 21.6. The number of rotatable bonds is 11. The Hall–Kier alpha value is -3.36. The van der Waals surface area contributed by atoms with E-state index < -0.39 is 28.8 Å². The molecule has 2 unspecified atom stereocenters. The quantitative estimate of drug-likeness (QED) is 0.269. The monoisotopic (exact) mass is 548 g/mol. The number of benzene rings is 1. The van der Waals surface area contributed by atoms with E-state index >= 15 is 0 Å². The van der Waals surface area contributed by atoms with Gasteiger partial charge in [-0.2, -0.15) is 5.10 Å². The molecule has 38 heavy (non-hydrogen) atoms. The Bertz CT molecular complexity index is 1380. The fourth-order valence-corrected chi connectivity index (χ4v) is 6.05. The van der Waals surface area contributed by atoms with Crippen LogP contribution in [-0.4, -0.2) is 70.9 Å². The number of nitrogens with one attached hydrogen (secondary N) is 1. The van der Waals surface area contributed by atoms with Gasteiger partial charge < -0.3 is 19.7 Å². The Kier molecular flexibility index (Phi) is 8.74. The molecule has 3 heterocycles. The van der Waals surface area contributed by atoms with Crippen LogP contribution in [0.15, 0.2) is 27.9 Å². The maximum absolute atomic E-state index is 13.5. The molecule has 13 nitrogen and oxygen atoms in total. The first-order valence-electron chi connectivity index (χ1n) is 12.6. The predicted octanol–water partition coefficient (Wildman–Crippen LogP) is 1.98. The number of H-pyrrole nitrogens is 1. The van der Waals surface area contributed by atoms with Crippen molar-refractivity contribution >= 4 is 22.0 Å². The molecule has 4 rings (SSSR count). The Morgan fingerprint density at radius 2 is 2.05 bits per heavy atom. The molecule has 14 heteroatoms. The summed E-state index contributed by atoms with van der Waals surface area (Å²) in [6.45, 7) is 4.64. The van der Waals surface area contributed by atoms with Crippen LogP contribution in [0.4, 0.5) is 0 Å². The molecule has 1 aliphatic heterocycles. The lowest BCUT2D eigenvalue weighted by atomic mass is 9.92. The molecule has 2 N–H and O–H groups in total. The second-order valence-electron chi connectivity index (χ2n) is 9.09. The van der Waals surface area contributed by atoms with Crippen LogP contribution in [0.25, 0.3) is 22.4 Å². The fourth-order valence-electron chi connectivity index (χ4n) is 4.81. The summed E-state index contributed by atoms with van der Waals surface area (Å²) in [6.07, 6.45) is 1.60. The van der Waals surface area contributed by atoms with E-state index in [2.05, 4.69) is 14.9 Å². The van der Waals surface area contributed by atoms with Gasteiger partial charge in [-0.15, -0.1) is 10.1 Å². The van der Waals surface area contributed by atoms with Gasteiger partial charge in [0.2, 0.25) is 0 Å². The number of aryl methyl sites for hydroxylation is 2. The fraction of sp³-hybridized carbons (Fsp3) is 0.542. The zero-order chi connectivity index (χ0) is 27.4. The van der Waals surface area contributed by atoms with Crippen molar-refractivity contribution in [2.75, 3.05) is 26.3 Å². The zero-order valence-corrected chi connectivity index (χ0v) is 22.4. The van der Waals surface area contributed by atoms with Gasteiger partial charge in [-0.25, -0.2) is 13.5 Å². The average Bonchev–Trinajstić information content (AvgIpc) is 3.22. The average molecular weight is 549 g/mol. The van der Waals surface area contributed by atoms with Gasteiger partial charge >= 0.3 is 0 Å². The molecular formula is C24H32N6O7S. The topological polar surface area (TPSA) is 166 Å². The first kappa shape index (κ1) is 27.7. The predicted molar refractivity (Wildman–Crippen MR) is 139 cm³/mol. The number of aromatic amines is 1. The molecule has 3 aromatic rings. The summed E-state index contributed by atoms with van der Waals surface area (Å²) < 4.78 is 22.6. The van der Waals surface area contributed by atoms with Gasteiger partial charge in [0, 0.05) is 20.1 Å². The van der Waals surface area contributed by atoms with Crippen LogP contribution < -0.4 is 10.3 Å². The van der Waals surface area contributed by atoms with E-state index in [0.29, 0.717) is 72.0 Å². The minimum atomic E-state index is -1.54. The highest BCUT2D eigenvalue weighted by atomic mass is 32.2. The summed E-state index contributed by atoms with van der Waals surface area (Å²) in [5.41, 5.74) is 1.84. The number of nitrogens with zero attached hydrogens (tertiary/aromatic N) is 5. The van der Waals surface area contributed by atoms with Crippen molar-refractivity contribution in [3.63, 3.8) is 0 Å². The molecule has 0 radical (unpaired) electrons. The van der Waals surface area contributed by atoms with Crippen LogP contribution in [0.3, 0.4) is 0 Å². The lowest BCUT2D eigenvalue weighted by Crippen LogP contribution is -2.41. The Morgan fingerprint density at radius 1 is 1.32 bits per heavy atom. The highest BCUT2D eigenvalue weighted by molar-refractivity contribution is 7.82. The minimum absolute atomic E-state index is 0.215. The first-order valence-corrected chi connectivity index (χ1v) is 13.7. The van der Waals surface area contributed by atoms with Crippen molar-refractivity contribution in [2.24, 2.45) is 13.0 Å². The number of ether oxygens (including phenoxy) is 1. The number of aromatic nitrogens is 4. The normalized spacial score (nSPS) is 16.4. The van der Waals surface area contributed by atoms with E-state index in [1.807, 2.05) is 13.8 Å². The van der Waals surface area contributed by atoms with E-state index in [1.165, 1.54) is 4.68 Å². The van der Waals surface area contributed by atoms with Crippen molar-refractivity contribution in [1.82, 2.24) is 24.1 Å². The summed E-state index contributed by atoms with van der Waals surface area (Å²) >= 11 is 0. The molecule has 0 saturated carbocycles. The van der Waals surface area contributed by atoms with Gasteiger partial charge in [0.1, 0.15) is 34.2 Å². The van der Waals surface area contributed by atoms with Crippen molar-refractivity contribution < 1.29 is 24.0 Å². The van der Waals surface area contributed by atoms with Crippen LogP contribution >= 0.6 is 0 Å².